The van der Waals surface area contributed by atoms with Crippen molar-refractivity contribution in [2.45, 2.75) is 64.0 Å². The minimum absolute atomic E-state index is 0. The molecule has 150 valence electrons. The molecule has 1 aromatic rings. The summed E-state index contributed by atoms with van der Waals surface area (Å²) < 4.78 is 5.29. The molecular formula is C22H33ClN2O2. The third kappa shape index (κ3) is 4.12. The SMILES string of the molecule is COc1ccc(N(C(=O)C2CC3CCCC(C2)C3N)C(C)C2CC2)cc1.Cl. The van der Waals surface area contributed by atoms with Gasteiger partial charge >= 0.3 is 0 Å². The van der Waals surface area contributed by atoms with Crippen LogP contribution in [0.15, 0.2) is 24.3 Å². The molecule has 0 saturated heterocycles. The van der Waals surface area contributed by atoms with Crippen LogP contribution >= 0.6 is 12.4 Å². The average molecular weight is 393 g/mol. The third-order valence-electron chi connectivity index (χ3n) is 7.06. The van der Waals surface area contributed by atoms with Crippen LogP contribution < -0.4 is 15.4 Å². The lowest BCUT2D eigenvalue weighted by Crippen LogP contribution is -2.51. The Hall–Kier alpha value is -1.26. The Morgan fingerprint density at radius 1 is 1.11 bits per heavy atom. The fourth-order valence-corrected chi connectivity index (χ4v) is 5.28. The van der Waals surface area contributed by atoms with E-state index in [4.69, 9.17) is 10.5 Å². The Labute approximate surface area is 169 Å². The molecule has 0 radical (unpaired) electrons. The summed E-state index contributed by atoms with van der Waals surface area (Å²) in [6.45, 7) is 2.22. The van der Waals surface area contributed by atoms with Crippen LogP contribution in [-0.2, 0) is 4.79 Å². The molecule has 4 nitrogen and oxygen atoms in total. The van der Waals surface area contributed by atoms with Gasteiger partial charge in [0, 0.05) is 23.7 Å². The van der Waals surface area contributed by atoms with Crippen LogP contribution in [0.25, 0.3) is 0 Å². The monoisotopic (exact) mass is 392 g/mol. The molecule has 5 heteroatoms. The molecule has 0 aromatic heterocycles. The second-order valence-corrected chi connectivity index (χ2v) is 8.68. The molecule has 3 unspecified atom stereocenters. The standard InChI is InChI=1S/C22H32N2O2.ClH/c1-14(15-6-7-15)24(19-8-10-20(26-2)11-9-19)22(25)18-12-16-4-3-5-17(13-18)21(16)23;/h8-11,14-18,21H,3-7,12-13,23H2,1-2H3;1H. The average Bonchev–Trinajstić information content (AvgIpc) is 3.47. The van der Waals surface area contributed by atoms with E-state index in [1.54, 1.807) is 7.11 Å². The minimum Gasteiger partial charge on any atom is -0.497 e. The van der Waals surface area contributed by atoms with Crippen LogP contribution in [0.4, 0.5) is 5.69 Å². The summed E-state index contributed by atoms with van der Waals surface area (Å²) in [7, 11) is 1.68. The minimum atomic E-state index is 0. The van der Waals surface area contributed by atoms with Crippen molar-refractivity contribution in [3.63, 3.8) is 0 Å². The second-order valence-electron chi connectivity index (χ2n) is 8.68. The Morgan fingerprint density at radius 2 is 1.70 bits per heavy atom. The molecule has 1 aromatic carbocycles. The molecular weight excluding hydrogens is 360 g/mol. The summed E-state index contributed by atoms with van der Waals surface area (Å²) >= 11 is 0. The Bertz CT molecular complexity index is 632. The summed E-state index contributed by atoms with van der Waals surface area (Å²) in [6, 6.07) is 8.56. The number of carbonyl (C=O) groups excluding carboxylic acids is 1. The number of carbonyl (C=O) groups is 1. The molecule has 4 rings (SSSR count). The van der Waals surface area contributed by atoms with Gasteiger partial charge in [-0.1, -0.05) is 6.42 Å². The van der Waals surface area contributed by atoms with Crippen LogP contribution in [-0.4, -0.2) is 25.1 Å². The highest BCUT2D eigenvalue weighted by Gasteiger charge is 2.44. The number of benzene rings is 1. The Kier molecular flexibility index (Phi) is 6.37. The molecule has 3 aliphatic rings. The zero-order chi connectivity index (χ0) is 18.3. The van der Waals surface area contributed by atoms with Gasteiger partial charge in [0.05, 0.1) is 7.11 Å². The number of methoxy groups -OCH3 is 1. The number of anilines is 1. The molecule has 0 heterocycles. The predicted molar refractivity (Wildman–Crippen MR) is 111 cm³/mol. The van der Waals surface area contributed by atoms with E-state index >= 15 is 0 Å². The largest absolute Gasteiger partial charge is 0.497 e. The molecule has 2 N–H and O–H groups in total. The first-order valence-electron chi connectivity index (χ1n) is 10.3. The number of nitrogens with two attached hydrogens (primary N) is 1. The number of ether oxygens (including phenoxy) is 1. The van der Waals surface area contributed by atoms with Crippen molar-refractivity contribution in [1.82, 2.24) is 0 Å². The van der Waals surface area contributed by atoms with E-state index in [2.05, 4.69) is 11.8 Å². The van der Waals surface area contributed by atoms with Crippen LogP contribution in [0.3, 0.4) is 0 Å². The maximum atomic E-state index is 13.6. The van der Waals surface area contributed by atoms with Crippen molar-refractivity contribution < 1.29 is 9.53 Å². The smallest absolute Gasteiger partial charge is 0.230 e. The van der Waals surface area contributed by atoms with Crippen LogP contribution in [0.5, 0.6) is 5.75 Å². The quantitative estimate of drug-likeness (QED) is 0.807. The fraction of sp³-hybridized carbons (Fsp3) is 0.682. The fourth-order valence-electron chi connectivity index (χ4n) is 5.28. The number of nitrogens with zero attached hydrogens (tertiary/aromatic N) is 1. The number of rotatable bonds is 5. The summed E-state index contributed by atoms with van der Waals surface area (Å²) in [5.74, 6) is 2.99. The van der Waals surface area contributed by atoms with Gasteiger partial charge in [0.25, 0.3) is 0 Å². The van der Waals surface area contributed by atoms with Crippen molar-refractivity contribution in [1.29, 1.82) is 0 Å². The van der Waals surface area contributed by atoms with E-state index < -0.39 is 0 Å². The molecule has 0 aliphatic heterocycles. The number of amides is 1. The molecule has 27 heavy (non-hydrogen) atoms. The van der Waals surface area contributed by atoms with Crippen molar-refractivity contribution in [2.24, 2.45) is 29.4 Å². The highest BCUT2D eigenvalue weighted by Crippen LogP contribution is 2.44. The third-order valence-corrected chi connectivity index (χ3v) is 7.06. The molecule has 2 bridgehead atoms. The summed E-state index contributed by atoms with van der Waals surface area (Å²) in [4.78, 5) is 15.7. The lowest BCUT2D eigenvalue weighted by Gasteiger charge is -2.45. The van der Waals surface area contributed by atoms with E-state index in [9.17, 15) is 4.79 Å². The first kappa shape index (κ1) is 20.5. The van der Waals surface area contributed by atoms with Gasteiger partial charge in [-0.15, -0.1) is 12.4 Å². The second kappa shape index (κ2) is 8.40. The van der Waals surface area contributed by atoms with Crippen molar-refractivity contribution in [3.8, 4) is 5.75 Å². The van der Waals surface area contributed by atoms with Gasteiger partial charge in [-0.05, 0) is 87.5 Å². The van der Waals surface area contributed by atoms with Gasteiger partial charge in [-0.3, -0.25) is 4.79 Å². The van der Waals surface area contributed by atoms with E-state index in [1.165, 1.54) is 32.1 Å². The van der Waals surface area contributed by atoms with Gasteiger partial charge in [0.15, 0.2) is 0 Å². The maximum absolute atomic E-state index is 13.6. The Balaban J connectivity index is 0.00000210. The van der Waals surface area contributed by atoms with Gasteiger partial charge in [-0.2, -0.15) is 0 Å². The first-order chi connectivity index (χ1) is 12.6. The van der Waals surface area contributed by atoms with Crippen molar-refractivity contribution >= 4 is 24.0 Å². The van der Waals surface area contributed by atoms with Crippen LogP contribution in [0, 0.1) is 23.7 Å². The molecule has 3 aliphatic carbocycles. The lowest BCUT2D eigenvalue weighted by molar-refractivity contribution is -0.125. The van der Waals surface area contributed by atoms with Gasteiger partial charge in [0.2, 0.25) is 5.91 Å². The number of halogens is 1. The summed E-state index contributed by atoms with van der Waals surface area (Å²) in [6.07, 6.45) is 8.10. The molecule has 3 atom stereocenters. The highest BCUT2D eigenvalue weighted by molar-refractivity contribution is 5.96. The topological polar surface area (TPSA) is 55.6 Å². The van der Waals surface area contributed by atoms with E-state index in [1.807, 2.05) is 24.3 Å². The summed E-state index contributed by atoms with van der Waals surface area (Å²) in [5, 5.41) is 0. The van der Waals surface area contributed by atoms with Gasteiger partial charge < -0.3 is 15.4 Å². The molecule has 3 fully saturated rings. The zero-order valence-electron chi connectivity index (χ0n) is 16.5. The van der Waals surface area contributed by atoms with Crippen LogP contribution in [0.1, 0.15) is 51.9 Å². The highest BCUT2D eigenvalue weighted by atomic mass is 35.5. The van der Waals surface area contributed by atoms with Gasteiger partial charge in [0.1, 0.15) is 5.75 Å². The summed E-state index contributed by atoms with van der Waals surface area (Å²) in [5.41, 5.74) is 7.45. The molecule has 1 amide bonds. The normalized spacial score (nSPS) is 30.8. The van der Waals surface area contributed by atoms with Gasteiger partial charge in [-0.25, -0.2) is 0 Å². The van der Waals surface area contributed by atoms with E-state index in [-0.39, 0.29) is 24.4 Å². The van der Waals surface area contributed by atoms with Crippen molar-refractivity contribution in [2.75, 3.05) is 12.0 Å². The maximum Gasteiger partial charge on any atom is 0.230 e. The molecule has 3 saturated carbocycles. The molecule has 0 spiro atoms. The van der Waals surface area contributed by atoms with E-state index in [0.717, 1.165) is 24.3 Å². The number of fused-ring (bicyclic) bond motifs is 2. The van der Waals surface area contributed by atoms with Crippen LogP contribution in [0.2, 0.25) is 0 Å². The zero-order valence-corrected chi connectivity index (χ0v) is 17.3. The number of hydrogen-bond acceptors (Lipinski definition) is 3. The van der Waals surface area contributed by atoms with E-state index in [0.29, 0.717) is 29.7 Å². The first-order valence-corrected chi connectivity index (χ1v) is 10.3. The predicted octanol–water partition coefficient (Wildman–Crippen LogP) is 4.40. The number of hydrogen-bond donors (Lipinski definition) is 1. The van der Waals surface area contributed by atoms with Crippen molar-refractivity contribution in [3.05, 3.63) is 24.3 Å². The lowest BCUT2D eigenvalue weighted by atomic mass is 9.65. The Morgan fingerprint density at radius 3 is 2.22 bits per heavy atom.